The molecule has 1 aromatic rings. The summed E-state index contributed by atoms with van der Waals surface area (Å²) in [5, 5.41) is 9.87. The summed E-state index contributed by atoms with van der Waals surface area (Å²) >= 11 is 1.66. The SMILES string of the molecule is CCC1=C(O)CC(CCSc2ccc(F)cc2)CC1=O. The Kier molecular flexibility index (Phi) is 5.24. The van der Waals surface area contributed by atoms with Gasteiger partial charge in [-0.15, -0.1) is 11.8 Å². The Labute approximate surface area is 123 Å². The fraction of sp³-hybridized carbons (Fsp3) is 0.438. The largest absolute Gasteiger partial charge is 0.512 e. The lowest BCUT2D eigenvalue weighted by Gasteiger charge is -2.22. The molecule has 0 saturated heterocycles. The number of hydrogen-bond acceptors (Lipinski definition) is 3. The maximum atomic E-state index is 12.8. The van der Waals surface area contributed by atoms with Crippen LogP contribution < -0.4 is 0 Å². The minimum atomic E-state index is -0.227. The second kappa shape index (κ2) is 6.93. The average Bonchev–Trinajstić information content (AvgIpc) is 2.41. The van der Waals surface area contributed by atoms with E-state index in [0.29, 0.717) is 24.8 Å². The van der Waals surface area contributed by atoms with E-state index in [0.717, 1.165) is 17.1 Å². The number of carbonyl (C=O) groups is 1. The number of allylic oxidation sites excluding steroid dienone is 2. The van der Waals surface area contributed by atoms with E-state index in [1.165, 1.54) is 12.1 Å². The highest BCUT2D eigenvalue weighted by atomic mass is 32.2. The topological polar surface area (TPSA) is 37.3 Å². The van der Waals surface area contributed by atoms with E-state index < -0.39 is 0 Å². The third-order valence-corrected chi connectivity index (χ3v) is 4.65. The summed E-state index contributed by atoms with van der Waals surface area (Å²) in [6, 6.07) is 6.43. The minimum absolute atomic E-state index is 0.0908. The summed E-state index contributed by atoms with van der Waals surface area (Å²) in [4.78, 5) is 12.9. The normalized spacial score (nSPS) is 19.5. The van der Waals surface area contributed by atoms with Crippen LogP contribution in [0, 0.1) is 11.7 Å². The highest BCUT2D eigenvalue weighted by molar-refractivity contribution is 7.99. The van der Waals surface area contributed by atoms with Crippen LogP contribution in [0.5, 0.6) is 0 Å². The van der Waals surface area contributed by atoms with Gasteiger partial charge in [-0.2, -0.15) is 0 Å². The van der Waals surface area contributed by atoms with E-state index in [-0.39, 0.29) is 23.3 Å². The number of benzene rings is 1. The van der Waals surface area contributed by atoms with Gasteiger partial charge in [-0.3, -0.25) is 4.79 Å². The molecular weight excluding hydrogens is 275 g/mol. The molecule has 2 rings (SSSR count). The van der Waals surface area contributed by atoms with Crippen LogP contribution in [0.15, 0.2) is 40.5 Å². The highest BCUT2D eigenvalue weighted by Crippen LogP contribution is 2.31. The van der Waals surface area contributed by atoms with E-state index in [1.54, 1.807) is 23.9 Å². The molecule has 1 atom stereocenters. The number of aliphatic hydroxyl groups excluding tert-OH is 1. The van der Waals surface area contributed by atoms with Crippen LogP contribution >= 0.6 is 11.8 Å². The monoisotopic (exact) mass is 294 g/mol. The molecule has 0 fully saturated rings. The number of aliphatic hydroxyl groups is 1. The van der Waals surface area contributed by atoms with Gasteiger partial charge in [-0.25, -0.2) is 4.39 Å². The van der Waals surface area contributed by atoms with Crippen molar-refractivity contribution in [3.8, 4) is 0 Å². The molecule has 2 nitrogen and oxygen atoms in total. The first kappa shape index (κ1) is 15.1. The number of Topliss-reactive ketones (excluding diaryl/α,β-unsaturated/α-hetero) is 1. The van der Waals surface area contributed by atoms with Crippen LogP contribution in [0.2, 0.25) is 0 Å². The summed E-state index contributed by atoms with van der Waals surface area (Å²) in [5.41, 5.74) is 0.604. The van der Waals surface area contributed by atoms with Gasteiger partial charge in [0.1, 0.15) is 5.82 Å². The first-order valence-electron chi connectivity index (χ1n) is 6.92. The van der Waals surface area contributed by atoms with E-state index >= 15 is 0 Å². The second-order valence-corrected chi connectivity index (χ2v) is 6.24. The molecule has 0 heterocycles. The minimum Gasteiger partial charge on any atom is -0.512 e. The average molecular weight is 294 g/mol. The molecule has 1 unspecified atom stereocenters. The van der Waals surface area contributed by atoms with Gasteiger partial charge in [0.2, 0.25) is 0 Å². The Morgan fingerprint density at radius 1 is 1.30 bits per heavy atom. The van der Waals surface area contributed by atoms with Crippen molar-refractivity contribution < 1.29 is 14.3 Å². The molecule has 0 bridgehead atoms. The van der Waals surface area contributed by atoms with Crippen LogP contribution in [-0.4, -0.2) is 16.6 Å². The molecule has 1 aliphatic rings. The van der Waals surface area contributed by atoms with Crippen LogP contribution in [0.25, 0.3) is 0 Å². The Morgan fingerprint density at radius 3 is 2.60 bits per heavy atom. The van der Waals surface area contributed by atoms with Crippen molar-refractivity contribution in [2.45, 2.75) is 37.5 Å². The van der Waals surface area contributed by atoms with E-state index in [9.17, 15) is 14.3 Å². The van der Waals surface area contributed by atoms with Gasteiger partial charge in [-0.1, -0.05) is 6.92 Å². The molecule has 0 radical (unpaired) electrons. The van der Waals surface area contributed by atoms with Crippen LogP contribution in [-0.2, 0) is 4.79 Å². The lowest BCUT2D eigenvalue weighted by atomic mass is 9.85. The third-order valence-electron chi connectivity index (χ3n) is 3.60. The Bertz CT molecular complexity index is 508. The summed E-state index contributed by atoms with van der Waals surface area (Å²) in [5.74, 6) is 1.24. The zero-order valence-electron chi connectivity index (χ0n) is 11.6. The van der Waals surface area contributed by atoms with E-state index in [2.05, 4.69) is 0 Å². The lowest BCUT2D eigenvalue weighted by molar-refractivity contribution is -0.117. The van der Waals surface area contributed by atoms with Crippen LogP contribution in [0.3, 0.4) is 0 Å². The van der Waals surface area contributed by atoms with Gasteiger partial charge in [0.25, 0.3) is 0 Å². The highest BCUT2D eigenvalue weighted by Gasteiger charge is 2.26. The van der Waals surface area contributed by atoms with Crippen molar-refractivity contribution in [3.63, 3.8) is 0 Å². The predicted molar refractivity (Wildman–Crippen MR) is 79.4 cm³/mol. The quantitative estimate of drug-likeness (QED) is 0.812. The molecule has 1 aliphatic carbocycles. The third kappa shape index (κ3) is 3.85. The number of halogens is 1. The zero-order chi connectivity index (χ0) is 14.5. The molecule has 108 valence electrons. The number of ketones is 1. The Morgan fingerprint density at radius 2 is 2.00 bits per heavy atom. The lowest BCUT2D eigenvalue weighted by Crippen LogP contribution is -2.19. The molecule has 1 N–H and O–H groups in total. The van der Waals surface area contributed by atoms with Gasteiger partial charge in [0, 0.05) is 23.3 Å². The summed E-state index contributed by atoms with van der Waals surface area (Å²) in [7, 11) is 0. The molecular formula is C16H19FO2S. The van der Waals surface area contributed by atoms with E-state index in [1.807, 2.05) is 6.92 Å². The maximum Gasteiger partial charge on any atom is 0.162 e. The first-order valence-corrected chi connectivity index (χ1v) is 7.91. The fourth-order valence-electron chi connectivity index (χ4n) is 2.49. The van der Waals surface area contributed by atoms with Crippen molar-refractivity contribution in [1.82, 2.24) is 0 Å². The summed E-state index contributed by atoms with van der Waals surface area (Å²) < 4.78 is 12.8. The number of hydrogen-bond donors (Lipinski definition) is 1. The van der Waals surface area contributed by atoms with Gasteiger partial charge >= 0.3 is 0 Å². The van der Waals surface area contributed by atoms with Crippen LogP contribution in [0.4, 0.5) is 4.39 Å². The number of thioether (sulfide) groups is 1. The van der Waals surface area contributed by atoms with Crippen molar-refractivity contribution >= 4 is 17.5 Å². The first-order chi connectivity index (χ1) is 9.60. The second-order valence-electron chi connectivity index (χ2n) is 5.07. The molecule has 20 heavy (non-hydrogen) atoms. The van der Waals surface area contributed by atoms with Gasteiger partial charge < -0.3 is 5.11 Å². The zero-order valence-corrected chi connectivity index (χ0v) is 12.4. The molecule has 4 heteroatoms. The van der Waals surface area contributed by atoms with Crippen molar-refractivity contribution in [2.75, 3.05) is 5.75 Å². The van der Waals surface area contributed by atoms with Crippen molar-refractivity contribution in [3.05, 3.63) is 41.4 Å². The molecule has 0 amide bonds. The van der Waals surface area contributed by atoms with Gasteiger partial charge in [0.15, 0.2) is 5.78 Å². The van der Waals surface area contributed by atoms with Crippen LogP contribution in [0.1, 0.15) is 32.6 Å². The summed E-state index contributed by atoms with van der Waals surface area (Å²) in [6.07, 6.45) is 2.65. The Balaban J connectivity index is 1.82. The van der Waals surface area contributed by atoms with Crippen molar-refractivity contribution in [2.24, 2.45) is 5.92 Å². The molecule has 1 aromatic carbocycles. The fourth-order valence-corrected chi connectivity index (χ4v) is 3.51. The predicted octanol–water partition coefficient (Wildman–Crippen LogP) is 4.51. The Hall–Kier alpha value is -1.29. The summed E-state index contributed by atoms with van der Waals surface area (Å²) in [6.45, 7) is 1.90. The standard InChI is InChI=1S/C16H19FO2S/c1-2-14-15(18)9-11(10-16(14)19)7-8-20-13-5-3-12(17)4-6-13/h3-6,11,18H,2,7-10H2,1H3. The van der Waals surface area contributed by atoms with Gasteiger partial charge in [0.05, 0.1) is 5.76 Å². The maximum absolute atomic E-state index is 12.8. The molecule has 0 saturated carbocycles. The number of rotatable bonds is 5. The van der Waals surface area contributed by atoms with Crippen molar-refractivity contribution in [1.29, 1.82) is 0 Å². The molecule has 0 aromatic heterocycles. The number of carbonyl (C=O) groups excluding carboxylic acids is 1. The smallest absolute Gasteiger partial charge is 0.162 e. The van der Waals surface area contributed by atoms with Gasteiger partial charge in [-0.05, 0) is 48.8 Å². The molecule has 0 spiro atoms. The molecule has 0 aliphatic heterocycles. The van der Waals surface area contributed by atoms with E-state index in [4.69, 9.17) is 0 Å².